The van der Waals surface area contributed by atoms with Gasteiger partial charge in [-0.15, -0.1) is 0 Å². The Morgan fingerprint density at radius 2 is 2.21 bits per heavy atom. The summed E-state index contributed by atoms with van der Waals surface area (Å²) in [5, 5.41) is 3.20. The summed E-state index contributed by atoms with van der Waals surface area (Å²) in [5.74, 6) is -0.811. The predicted octanol–water partition coefficient (Wildman–Crippen LogP) is 2.20. The number of ether oxygens (including phenoxy) is 1. The number of para-hydroxylation sites is 1. The lowest BCUT2D eigenvalue weighted by molar-refractivity contribution is -0.134. The van der Waals surface area contributed by atoms with Gasteiger partial charge in [-0.1, -0.05) is 23.5 Å². The first-order chi connectivity index (χ1) is 11.5. The molecule has 0 atom stereocenters. The van der Waals surface area contributed by atoms with E-state index in [2.05, 4.69) is 10.3 Å². The van der Waals surface area contributed by atoms with Crippen molar-refractivity contribution < 1.29 is 18.7 Å². The molecular weight excluding hydrogens is 333 g/mol. The van der Waals surface area contributed by atoms with Gasteiger partial charge in [-0.25, -0.2) is 9.37 Å². The highest BCUT2D eigenvalue weighted by molar-refractivity contribution is 7.15. The van der Waals surface area contributed by atoms with Crippen molar-refractivity contribution in [2.75, 3.05) is 18.5 Å². The second-order valence-corrected chi connectivity index (χ2v) is 6.44. The molecule has 2 aromatic rings. The average Bonchev–Trinajstić information content (AvgIpc) is 2.94. The van der Waals surface area contributed by atoms with Crippen LogP contribution in [0.3, 0.4) is 0 Å². The molecule has 1 aliphatic heterocycles. The minimum absolute atomic E-state index is 0.0642. The fourth-order valence-corrected chi connectivity index (χ4v) is 3.47. The van der Waals surface area contributed by atoms with Gasteiger partial charge in [0, 0.05) is 24.8 Å². The molecule has 2 amide bonds. The fourth-order valence-electron chi connectivity index (χ4n) is 2.40. The number of nitrogens with one attached hydrogen (secondary N) is 1. The third-order valence-corrected chi connectivity index (χ3v) is 4.55. The molecule has 0 bridgehead atoms. The van der Waals surface area contributed by atoms with E-state index in [-0.39, 0.29) is 24.2 Å². The first kappa shape index (κ1) is 16.4. The topological polar surface area (TPSA) is 71.5 Å². The molecule has 3 rings (SSSR count). The molecule has 1 N–H and O–H groups in total. The maximum Gasteiger partial charge on any atom is 0.260 e. The van der Waals surface area contributed by atoms with E-state index in [4.69, 9.17) is 4.74 Å². The monoisotopic (exact) mass is 349 g/mol. The quantitative estimate of drug-likeness (QED) is 0.919. The van der Waals surface area contributed by atoms with Crippen molar-refractivity contribution in [1.29, 1.82) is 0 Å². The highest BCUT2D eigenvalue weighted by atomic mass is 32.1. The molecule has 0 fully saturated rings. The number of benzene rings is 1. The summed E-state index contributed by atoms with van der Waals surface area (Å²) >= 11 is 1.36. The van der Waals surface area contributed by atoms with E-state index in [1.54, 1.807) is 17.0 Å². The van der Waals surface area contributed by atoms with Crippen molar-refractivity contribution in [3.63, 3.8) is 0 Å². The van der Waals surface area contributed by atoms with Crippen LogP contribution in [0.1, 0.15) is 17.5 Å². The lowest BCUT2D eigenvalue weighted by atomic mass is 10.2. The second-order valence-electron chi connectivity index (χ2n) is 5.35. The van der Waals surface area contributed by atoms with E-state index in [0.717, 1.165) is 10.6 Å². The van der Waals surface area contributed by atoms with E-state index >= 15 is 0 Å². The van der Waals surface area contributed by atoms with E-state index in [0.29, 0.717) is 24.6 Å². The number of rotatable bonds is 4. The molecule has 126 valence electrons. The lowest BCUT2D eigenvalue weighted by Gasteiger charge is -2.26. The fraction of sp³-hybridized carbons (Fsp3) is 0.312. The molecule has 1 aliphatic rings. The van der Waals surface area contributed by atoms with Crippen LogP contribution < -0.4 is 10.1 Å². The lowest BCUT2D eigenvalue weighted by Crippen LogP contribution is -2.38. The first-order valence-corrected chi connectivity index (χ1v) is 8.26. The molecule has 6 nitrogen and oxygen atoms in total. The van der Waals surface area contributed by atoms with Gasteiger partial charge < -0.3 is 15.0 Å². The zero-order valence-electron chi connectivity index (χ0n) is 13.0. The Hall–Kier alpha value is -2.48. The highest BCUT2D eigenvalue weighted by Gasteiger charge is 2.24. The predicted molar refractivity (Wildman–Crippen MR) is 87.4 cm³/mol. The van der Waals surface area contributed by atoms with Gasteiger partial charge in [-0.05, 0) is 12.1 Å². The molecule has 24 heavy (non-hydrogen) atoms. The maximum atomic E-state index is 13.5. The van der Waals surface area contributed by atoms with Gasteiger partial charge in [0.05, 0.1) is 12.2 Å². The normalized spacial score (nSPS) is 13.3. The number of carbonyl (C=O) groups excluding carboxylic acids is 2. The molecule has 0 aliphatic carbocycles. The Labute approximate surface area is 142 Å². The van der Waals surface area contributed by atoms with E-state index < -0.39 is 5.82 Å². The van der Waals surface area contributed by atoms with Gasteiger partial charge in [0.25, 0.3) is 5.91 Å². The minimum Gasteiger partial charge on any atom is -0.481 e. The van der Waals surface area contributed by atoms with Crippen molar-refractivity contribution in [2.45, 2.75) is 19.9 Å². The highest BCUT2D eigenvalue weighted by Crippen LogP contribution is 2.28. The average molecular weight is 349 g/mol. The van der Waals surface area contributed by atoms with Crippen LogP contribution in [-0.2, 0) is 22.6 Å². The van der Waals surface area contributed by atoms with Crippen LogP contribution in [0.25, 0.3) is 0 Å². The van der Waals surface area contributed by atoms with Crippen LogP contribution in [0, 0.1) is 5.82 Å². The molecule has 1 aromatic carbocycles. The number of amides is 2. The number of hydrogen-bond donors (Lipinski definition) is 1. The molecule has 0 spiro atoms. The summed E-state index contributed by atoms with van der Waals surface area (Å²) in [5.41, 5.74) is 0.905. The van der Waals surface area contributed by atoms with Crippen LogP contribution in [0.4, 0.5) is 9.52 Å². The van der Waals surface area contributed by atoms with Gasteiger partial charge in [0.2, 0.25) is 5.91 Å². The molecular formula is C16H16FN3O3S. The van der Waals surface area contributed by atoms with Crippen LogP contribution in [-0.4, -0.2) is 34.8 Å². The summed E-state index contributed by atoms with van der Waals surface area (Å²) < 4.78 is 18.8. The largest absolute Gasteiger partial charge is 0.481 e. The van der Waals surface area contributed by atoms with Crippen molar-refractivity contribution in [3.8, 4) is 5.75 Å². The van der Waals surface area contributed by atoms with E-state index in [9.17, 15) is 14.0 Å². The number of fused-ring (bicyclic) bond motifs is 1. The molecule has 8 heteroatoms. The van der Waals surface area contributed by atoms with Crippen LogP contribution in [0.5, 0.6) is 5.75 Å². The van der Waals surface area contributed by atoms with Gasteiger partial charge in [0.15, 0.2) is 23.3 Å². The molecule has 1 aromatic heterocycles. The first-order valence-electron chi connectivity index (χ1n) is 7.44. The van der Waals surface area contributed by atoms with Gasteiger partial charge in [0.1, 0.15) is 0 Å². The second kappa shape index (κ2) is 6.96. The summed E-state index contributed by atoms with van der Waals surface area (Å²) in [4.78, 5) is 30.3. The number of aromatic nitrogens is 1. The molecule has 0 unspecified atom stereocenters. The van der Waals surface area contributed by atoms with Gasteiger partial charge in [-0.2, -0.15) is 0 Å². The zero-order chi connectivity index (χ0) is 17.1. The third-order valence-electron chi connectivity index (χ3n) is 3.55. The van der Waals surface area contributed by atoms with E-state index in [1.807, 2.05) is 0 Å². The third kappa shape index (κ3) is 3.70. The Morgan fingerprint density at radius 3 is 2.96 bits per heavy atom. The summed E-state index contributed by atoms with van der Waals surface area (Å²) in [6.45, 7) is 2.16. The number of carbonyl (C=O) groups is 2. The molecule has 0 radical (unpaired) electrons. The number of thiazole rings is 1. The minimum atomic E-state index is -0.492. The van der Waals surface area contributed by atoms with Crippen molar-refractivity contribution in [3.05, 3.63) is 40.7 Å². The number of hydrogen-bond acceptors (Lipinski definition) is 5. The van der Waals surface area contributed by atoms with Gasteiger partial charge >= 0.3 is 0 Å². The zero-order valence-corrected chi connectivity index (χ0v) is 13.9. The molecule has 0 saturated heterocycles. The summed E-state index contributed by atoms with van der Waals surface area (Å²) in [6, 6.07) is 5.98. The maximum absolute atomic E-state index is 13.5. The summed E-state index contributed by atoms with van der Waals surface area (Å²) in [6.07, 6.45) is 0.622. The Kier molecular flexibility index (Phi) is 4.75. The Bertz CT molecular complexity index is 778. The molecule has 0 saturated carbocycles. The molecule has 2 heterocycles. The number of anilines is 1. The van der Waals surface area contributed by atoms with E-state index in [1.165, 1.54) is 30.4 Å². The Balaban J connectivity index is 1.60. The van der Waals surface area contributed by atoms with Crippen LogP contribution in [0.15, 0.2) is 24.3 Å². The van der Waals surface area contributed by atoms with Crippen molar-refractivity contribution in [2.24, 2.45) is 0 Å². The number of nitrogens with zero attached hydrogens (tertiary/aromatic N) is 2. The Morgan fingerprint density at radius 1 is 1.42 bits per heavy atom. The summed E-state index contributed by atoms with van der Waals surface area (Å²) in [7, 11) is 0. The van der Waals surface area contributed by atoms with Crippen LogP contribution >= 0.6 is 11.3 Å². The standard InChI is InChI=1S/C16H16FN3O3S/c1-10(21)18-16-19-12-6-7-20(8-14(12)24-16)15(22)9-23-13-5-3-2-4-11(13)17/h2-5H,6-9H2,1H3,(H,18,19,21). The SMILES string of the molecule is CC(=O)Nc1nc2c(s1)CN(C(=O)COc1ccccc1F)CC2. The van der Waals surface area contributed by atoms with Crippen molar-refractivity contribution in [1.82, 2.24) is 9.88 Å². The van der Waals surface area contributed by atoms with Crippen LogP contribution in [0.2, 0.25) is 0 Å². The smallest absolute Gasteiger partial charge is 0.260 e. The van der Waals surface area contributed by atoms with Gasteiger partial charge in [-0.3, -0.25) is 9.59 Å². The van der Waals surface area contributed by atoms with Crippen molar-refractivity contribution >= 4 is 28.3 Å². The number of halogens is 1.